The van der Waals surface area contributed by atoms with Crippen LogP contribution in [0.5, 0.6) is 5.75 Å². The zero-order valence-electron chi connectivity index (χ0n) is 13.3. The molecule has 0 saturated heterocycles. The first-order valence-corrected chi connectivity index (χ1v) is 8.13. The standard InChI is InChI=1S/C18H20FN3O/c1-23-17-4-2-3-15(19)14(17)11-22-8-7-16-13(10-22)9-20-18(21-16)12-5-6-12/h2-4,9,12H,5-8,10-11H2,1H3. The van der Waals surface area contributed by atoms with Gasteiger partial charge in [0.15, 0.2) is 0 Å². The van der Waals surface area contributed by atoms with Crippen molar-refractivity contribution in [1.82, 2.24) is 14.9 Å². The van der Waals surface area contributed by atoms with Crippen molar-refractivity contribution in [1.29, 1.82) is 0 Å². The van der Waals surface area contributed by atoms with E-state index in [0.29, 0.717) is 23.8 Å². The fourth-order valence-corrected chi connectivity index (χ4v) is 3.17. The van der Waals surface area contributed by atoms with E-state index in [1.807, 2.05) is 6.20 Å². The molecule has 1 fully saturated rings. The lowest BCUT2D eigenvalue weighted by atomic mass is 10.1. The fraction of sp³-hybridized carbons (Fsp3) is 0.444. The summed E-state index contributed by atoms with van der Waals surface area (Å²) in [6, 6.07) is 4.97. The number of halogens is 1. The summed E-state index contributed by atoms with van der Waals surface area (Å²) in [5.74, 6) is 1.99. The van der Waals surface area contributed by atoms with Crippen molar-refractivity contribution >= 4 is 0 Å². The molecule has 0 spiro atoms. The molecule has 1 aromatic carbocycles. The molecule has 23 heavy (non-hydrogen) atoms. The first-order valence-electron chi connectivity index (χ1n) is 8.13. The molecule has 0 atom stereocenters. The molecule has 0 radical (unpaired) electrons. The van der Waals surface area contributed by atoms with Gasteiger partial charge in [-0.05, 0) is 25.0 Å². The molecule has 2 heterocycles. The number of methoxy groups -OCH3 is 1. The largest absolute Gasteiger partial charge is 0.496 e. The Morgan fingerprint density at radius 2 is 2.22 bits per heavy atom. The Bertz CT molecular complexity index is 730. The van der Waals surface area contributed by atoms with Crippen molar-refractivity contribution in [2.75, 3.05) is 13.7 Å². The Morgan fingerprint density at radius 3 is 3.00 bits per heavy atom. The monoisotopic (exact) mass is 313 g/mol. The van der Waals surface area contributed by atoms with Crippen LogP contribution in [0.15, 0.2) is 24.4 Å². The third-order valence-corrected chi connectivity index (χ3v) is 4.65. The molecule has 1 aliphatic heterocycles. The van der Waals surface area contributed by atoms with E-state index in [1.165, 1.54) is 24.6 Å². The van der Waals surface area contributed by atoms with E-state index in [1.54, 1.807) is 19.2 Å². The van der Waals surface area contributed by atoms with Gasteiger partial charge in [0.2, 0.25) is 0 Å². The Labute approximate surface area is 135 Å². The molecule has 1 aliphatic carbocycles. The number of benzene rings is 1. The molecule has 1 aromatic heterocycles. The minimum Gasteiger partial charge on any atom is -0.496 e. The Hall–Kier alpha value is -2.01. The highest BCUT2D eigenvalue weighted by Gasteiger charge is 2.28. The van der Waals surface area contributed by atoms with Gasteiger partial charge in [0, 0.05) is 55.0 Å². The van der Waals surface area contributed by atoms with Gasteiger partial charge in [0.05, 0.1) is 7.11 Å². The minimum atomic E-state index is -0.213. The number of fused-ring (bicyclic) bond motifs is 1. The van der Waals surface area contributed by atoms with E-state index in [2.05, 4.69) is 9.88 Å². The van der Waals surface area contributed by atoms with E-state index in [9.17, 15) is 4.39 Å². The maximum atomic E-state index is 14.1. The van der Waals surface area contributed by atoms with Crippen LogP contribution in [0, 0.1) is 5.82 Å². The van der Waals surface area contributed by atoms with Crippen LogP contribution in [-0.2, 0) is 19.5 Å². The van der Waals surface area contributed by atoms with Crippen LogP contribution in [0.3, 0.4) is 0 Å². The van der Waals surface area contributed by atoms with Crippen LogP contribution >= 0.6 is 0 Å². The SMILES string of the molecule is COc1cccc(F)c1CN1CCc2nc(C3CC3)ncc2C1. The number of aromatic nitrogens is 2. The second-order valence-electron chi connectivity index (χ2n) is 6.36. The van der Waals surface area contributed by atoms with Crippen molar-refractivity contribution in [3.05, 3.63) is 52.9 Å². The van der Waals surface area contributed by atoms with Gasteiger partial charge in [-0.3, -0.25) is 4.90 Å². The maximum absolute atomic E-state index is 14.1. The number of nitrogens with zero attached hydrogens (tertiary/aromatic N) is 3. The van der Waals surface area contributed by atoms with Crippen molar-refractivity contribution in [2.45, 2.75) is 38.3 Å². The average Bonchev–Trinajstić information content (AvgIpc) is 3.41. The summed E-state index contributed by atoms with van der Waals surface area (Å²) in [4.78, 5) is 11.5. The van der Waals surface area contributed by atoms with Gasteiger partial charge >= 0.3 is 0 Å². The summed E-state index contributed by atoms with van der Waals surface area (Å²) in [6.45, 7) is 2.18. The number of hydrogen-bond acceptors (Lipinski definition) is 4. The lowest BCUT2D eigenvalue weighted by Crippen LogP contribution is -2.31. The van der Waals surface area contributed by atoms with Gasteiger partial charge in [-0.1, -0.05) is 6.07 Å². The third-order valence-electron chi connectivity index (χ3n) is 4.65. The first-order chi connectivity index (χ1) is 11.2. The molecular weight excluding hydrogens is 293 g/mol. The summed E-state index contributed by atoms with van der Waals surface area (Å²) < 4.78 is 19.4. The van der Waals surface area contributed by atoms with Crippen LogP contribution in [0.4, 0.5) is 4.39 Å². The van der Waals surface area contributed by atoms with E-state index in [4.69, 9.17) is 9.72 Å². The fourth-order valence-electron chi connectivity index (χ4n) is 3.17. The molecule has 2 aliphatic rings. The van der Waals surface area contributed by atoms with E-state index in [-0.39, 0.29) is 5.82 Å². The molecule has 1 saturated carbocycles. The molecular formula is C18H20FN3O. The predicted molar refractivity (Wildman–Crippen MR) is 84.8 cm³/mol. The van der Waals surface area contributed by atoms with Crippen LogP contribution in [-0.4, -0.2) is 28.5 Å². The smallest absolute Gasteiger partial charge is 0.131 e. The van der Waals surface area contributed by atoms with Crippen molar-refractivity contribution < 1.29 is 9.13 Å². The summed E-state index contributed by atoms with van der Waals surface area (Å²) in [6.07, 6.45) is 5.30. The maximum Gasteiger partial charge on any atom is 0.131 e. The highest BCUT2D eigenvalue weighted by Crippen LogP contribution is 2.38. The van der Waals surface area contributed by atoms with Gasteiger partial charge in [-0.15, -0.1) is 0 Å². The number of ether oxygens (including phenoxy) is 1. The Balaban J connectivity index is 1.52. The number of rotatable bonds is 4. The lowest BCUT2D eigenvalue weighted by molar-refractivity contribution is 0.235. The summed E-state index contributed by atoms with van der Waals surface area (Å²) in [5, 5.41) is 0. The molecule has 4 nitrogen and oxygen atoms in total. The third kappa shape index (κ3) is 2.93. The molecule has 0 amide bonds. The van der Waals surface area contributed by atoms with Gasteiger partial charge < -0.3 is 4.74 Å². The van der Waals surface area contributed by atoms with Gasteiger partial charge in [-0.25, -0.2) is 14.4 Å². The topological polar surface area (TPSA) is 38.2 Å². The molecule has 0 N–H and O–H groups in total. The second kappa shape index (κ2) is 5.89. The minimum absolute atomic E-state index is 0.213. The lowest BCUT2D eigenvalue weighted by Gasteiger charge is -2.28. The van der Waals surface area contributed by atoms with Crippen molar-refractivity contribution in [3.8, 4) is 5.75 Å². The molecule has 2 aromatic rings. The van der Waals surface area contributed by atoms with Gasteiger partial charge in [0.1, 0.15) is 17.4 Å². The van der Waals surface area contributed by atoms with Crippen molar-refractivity contribution in [3.63, 3.8) is 0 Å². The van der Waals surface area contributed by atoms with Gasteiger partial charge in [-0.2, -0.15) is 0 Å². The zero-order valence-corrected chi connectivity index (χ0v) is 13.3. The number of hydrogen-bond donors (Lipinski definition) is 0. The summed E-state index contributed by atoms with van der Waals surface area (Å²) in [7, 11) is 1.58. The molecule has 0 bridgehead atoms. The zero-order chi connectivity index (χ0) is 15.8. The quantitative estimate of drug-likeness (QED) is 0.869. The molecule has 120 valence electrons. The second-order valence-corrected chi connectivity index (χ2v) is 6.36. The Kier molecular flexibility index (Phi) is 3.73. The predicted octanol–water partition coefficient (Wildman–Crippen LogP) is 3.06. The van der Waals surface area contributed by atoms with Crippen LogP contribution in [0.2, 0.25) is 0 Å². The van der Waals surface area contributed by atoms with E-state index in [0.717, 1.165) is 30.9 Å². The normalized spacial score (nSPS) is 17.8. The van der Waals surface area contributed by atoms with E-state index >= 15 is 0 Å². The molecule has 5 heteroatoms. The van der Waals surface area contributed by atoms with Crippen LogP contribution in [0.25, 0.3) is 0 Å². The highest BCUT2D eigenvalue weighted by molar-refractivity contribution is 5.35. The van der Waals surface area contributed by atoms with Crippen LogP contribution < -0.4 is 4.74 Å². The molecule has 4 rings (SSSR count). The summed E-state index contributed by atoms with van der Waals surface area (Å²) in [5.41, 5.74) is 2.95. The first kappa shape index (κ1) is 14.6. The average molecular weight is 313 g/mol. The molecule has 0 unspecified atom stereocenters. The van der Waals surface area contributed by atoms with Crippen LogP contribution in [0.1, 0.15) is 41.4 Å². The van der Waals surface area contributed by atoms with Gasteiger partial charge in [0.25, 0.3) is 0 Å². The summed E-state index contributed by atoms with van der Waals surface area (Å²) >= 11 is 0. The highest BCUT2D eigenvalue weighted by atomic mass is 19.1. The van der Waals surface area contributed by atoms with Crippen molar-refractivity contribution in [2.24, 2.45) is 0 Å². The van der Waals surface area contributed by atoms with E-state index < -0.39 is 0 Å². The Morgan fingerprint density at radius 1 is 1.35 bits per heavy atom.